The summed E-state index contributed by atoms with van der Waals surface area (Å²) in [7, 11) is 0. The number of nitrogen functional groups attached to an aromatic ring is 1. The van der Waals surface area contributed by atoms with Crippen LogP contribution in [0.3, 0.4) is 0 Å². The second-order valence-corrected chi connectivity index (χ2v) is 4.50. The Morgan fingerprint density at radius 2 is 2.11 bits per heavy atom. The van der Waals surface area contributed by atoms with Crippen LogP contribution >= 0.6 is 11.6 Å². The molecule has 0 amide bonds. The fraction of sp³-hybridized carbons (Fsp3) is 0.0769. The van der Waals surface area contributed by atoms with Crippen LogP contribution in [-0.2, 0) is 0 Å². The first-order valence-electron chi connectivity index (χ1n) is 5.59. The molecule has 6 heteroatoms. The van der Waals surface area contributed by atoms with Gasteiger partial charge in [0.2, 0.25) is 5.82 Å². The molecule has 1 aromatic carbocycles. The zero-order valence-corrected chi connectivity index (χ0v) is 10.8. The molecule has 0 radical (unpaired) electrons. The van der Waals surface area contributed by atoms with Crippen LogP contribution < -0.4 is 5.73 Å². The second kappa shape index (κ2) is 4.44. The van der Waals surface area contributed by atoms with Gasteiger partial charge in [-0.25, -0.2) is 0 Å². The van der Waals surface area contributed by atoms with Gasteiger partial charge in [-0.2, -0.15) is 4.98 Å². The van der Waals surface area contributed by atoms with Crippen molar-refractivity contribution in [3.63, 3.8) is 0 Å². The molecule has 0 aliphatic carbocycles. The Labute approximate surface area is 114 Å². The van der Waals surface area contributed by atoms with E-state index in [9.17, 15) is 0 Å². The molecule has 5 nitrogen and oxygen atoms in total. The zero-order chi connectivity index (χ0) is 13.4. The van der Waals surface area contributed by atoms with E-state index < -0.39 is 0 Å². The predicted octanol–water partition coefficient (Wildman–Crippen LogP) is 3.54. The van der Waals surface area contributed by atoms with Crippen molar-refractivity contribution in [2.45, 2.75) is 6.92 Å². The summed E-state index contributed by atoms with van der Waals surface area (Å²) in [5.41, 5.74) is 7.87. The lowest BCUT2D eigenvalue weighted by Crippen LogP contribution is -1.87. The van der Waals surface area contributed by atoms with Crippen molar-refractivity contribution in [3.8, 4) is 23.0 Å². The van der Waals surface area contributed by atoms with Crippen molar-refractivity contribution < 1.29 is 8.94 Å². The summed E-state index contributed by atoms with van der Waals surface area (Å²) in [5.74, 6) is 1.37. The number of nitrogens with two attached hydrogens (primary N) is 1. The zero-order valence-electron chi connectivity index (χ0n) is 10.1. The Morgan fingerprint density at radius 1 is 1.26 bits per heavy atom. The highest BCUT2D eigenvalue weighted by molar-refractivity contribution is 6.33. The van der Waals surface area contributed by atoms with Crippen LogP contribution in [0.5, 0.6) is 0 Å². The monoisotopic (exact) mass is 275 g/mol. The van der Waals surface area contributed by atoms with Crippen LogP contribution in [0.4, 0.5) is 5.69 Å². The lowest BCUT2D eigenvalue weighted by atomic mass is 10.2. The van der Waals surface area contributed by atoms with E-state index in [4.69, 9.17) is 26.3 Å². The molecule has 0 saturated heterocycles. The molecule has 0 fully saturated rings. The molecule has 0 aliphatic heterocycles. The first-order valence-corrected chi connectivity index (χ1v) is 5.96. The van der Waals surface area contributed by atoms with Crippen LogP contribution in [0.1, 0.15) is 5.56 Å². The van der Waals surface area contributed by atoms with Gasteiger partial charge >= 0.3 is 0 Å². The van der Waals surface area contributed by atoms with E-state index in [0.29, 0.717) is 33.7 Å². The Hall–Kier alpha value is -2.27. The Kier molecular flexibility index (Phi) is 2.76. The van der Waals surface area contributed by atoms with Crippen molar-refractivity contribution in [1.29, 1.82) is 0 Å². The van der Waals surface area contributed by atoms with Gasteiger partial charge in [-0.05, 0) is 36.8 Å². The summed E-state index contributed by atoms with van der Waals surface area (Å²) in [6.07, 6.45) is 1.58. The molecular weight excluding hydrogens is 266 g/mol. The summed E-state index contributed by atoms with van der Waals surface area (Å²) in [6, 6.07) is 6.99. The van der Waals surface area contributed by atoms with Crippen molar-refractivity contribution >= 4 is 17.3 Å². The van der Waals surface area contributed by atoms with Gasteiger partial charge in [0.05, 0.1) is 17.0 Å². The Balaban J connectivity index is 2.01. The minimum atomic E-state index is 0.370. The van der Waals surface area contributed by atoms with E-state index in [2.05, 4.69) is 10.1 Å². The molecule has 0 unspecified atom stereocenters. The smallest absolute Gasteiger partial charge is 0.258 e. The lowest BCUT2D eigenvalue weighted by Gasteiger charge is -1.98. The minimum Gasteiger partial charge on any atom is -0.461 e. The summed E-state index contributed by atoms with van der Waals surface area (Å²) in [4.78, 5) is 4.28. The largest absolute Gasteiger partial charge is 0.461 e. The molecule has 3 aromatic rings. The summed E-state index contributed by atoms with van der Waals surface area (Å²) < 4.78 is 10.5. The third-order valence-electron chi connectivity index (χ3n) is 2.73. The lowest BCUT2D eigenvalue weighted by molar-refractivity contribution is 0.429. The number of aromatic nitrogens is 2. The maximum atomic E-state index is 5.87. The molecule has 0 spiro atoms. The predicted molar refractivity (Wildman–Crippen MR) is 71.6 cm³/mol. The second-order valence-electron chi connectivity index (χ2n) is 4.09. The van der Waals surface area contributed by atoms with Crippen molar-refractivity contribution in [1.82, 2.24) is 10.1 Å². The topological polar surface area (TPSA) is 78.1 Å². The Morgan fingerprint density at radius 3 is 2.79 bits per heavy atom. The number of hydrogen-bond donors (Lipinski definition) is 1. The molecule has 0 bridgehead atoms. The van der Waals surface area contributed by atoms with Crippen LogP contribution in [0.25, 0.3) is 23.0 Å². The number of furan rings is 1. The van der Waals surface area contributed by atoms with Gasteiger partial charge < -0.3 is 14.7 Å². The summed E-state index contributed by atoms with van der Waals surface area (Å²) in [5, 5.41) is 4.39. The molecule has 0 saturated carbocycles. The van der Waals surface area contributed by atoms with Crippen LogP contribution in [0, 0.1) is 6.92 Å². The van der Waals surface area contributed by atoms with Gasteiger partial charge in [0.25, 0.3) is 5.89 Å². The number of hydrogen-bond acceptors (Lipinski definition) is 5. The third kappa shape index (κ3) is 2.08. The first-order chi connectivity index (χ1) is 9.15. The van der Waals surface area contributed by atoms with Crippen LogP contribution in [0.15, 0.2) is 39.5 Å². The van der Waals surface area contributed by atoms with E-state index in [1.165, 1.54) is 0 Å². The maximum absolute atomic E-state index is 5.87. The average Bonchev–Trinajstić information content (AvgIpc) is 3.01. The highest BCUT2D eigenvalue weighted by atomic mass is 35.5. The normalized spacial score (nSPS) is 10.8. The minimum absolute atomic E-state index is 0.370. The third-order valence-corrected chi connectivity index (χ3v) is 3.08. The van der Waals surface area contributed by atoms with E-state index in [-0.39, 0.29) is 0 Å². The molecule has 2 N–H and O–H groups in total. The van der Waals surface area contributed by atoms with E-state index >= 15 is 0 Å². The number of aryl methyl sites for hydroxylation is 1. The summed E-state index contributed by atoms with van der Waals surface area (Å²) in [6.45, 7) is 1.91. The SMILES string of the molecule is Cc1ccoc1-c1noc(-c2ccc(Cl)c(N)c2)n1. The molecule has 0 atom stereocenters. The molecule has 2 aromatic heterocycles. The van der Waals surface area contributed by atoms with Crippen molar-refractivity contribution in [2.75, 3.05) is 5.73 Å². The van der Waals surface area contributed by atoms with Gasteiger partial charge in [-0.3, -0.25) is 0 Å². The molecular formula is C13H10ClN3O2. The van der Waals surface area contributed by atoms with E-state index in [1.807, 2.05) is 13.0 Å². The number of halogens is 1. The van der Waals surface area contributed by atoms with Gasteiger partial charge in [0, 0.05) is 5.56 Å². The van der Waals surface area contributed by atoms with E-state index in [0.717, 1.165) is 5.56 Å². The molecule has 19 heavy (non-hydrogen) atoms. The van der Waals surface area contributed by atoms with Crippen molar-refractivity contribution in [2.24, 2.45) is 0 Å². The van der Waals surface area contributed by atoms with Gasteiger partial charge in [-0.1, -0.05) is 16.8 Å². The van der Waals surface area contributed by atoms with Crippen LogP contribution in [0.2, 0.25) is 5.02 Å². The molecule has 0 aliphatic rings. The average molecular weight is 276 g/mol. The molecule has 2 heterocycles. The van der Waals surface area contributed by atoms with Gasteiger partial charge in [0.1, 0.15) is 0 Å². The van der Waals surface area contributed by atoms with Gasteiger partial charge in [0.15, 0.2) is 5.76 Å². The number of benzene rings is 1. The van der Waals surface area contributed by atoms with E-state index in [1.54, 1.807) is 24.5 Å². The highest BCUT2D eigenvalue weighted by Gasteiger charge is 2.15. The number of nitrogens with zero attached hydrogens (tertiary/aromatic N) is 2. The Bertz CT molecular complexity index is 733. The van der Waals surface area contributed by atoms with Crippen molar-refractivity contribution in [3.05, 3.63) is 41.1 Å². The highest BCUT2D eigenvalue weighted by Crippen LogP contribution is 2.28. The molecule has 96 valence electrons. The van der Waals surface area contributed by atoms with Crippen LogP contribution in [-0.4, -0.2) is 10.1 Å². The van der Waals surface area contributed by atoms with Gasteiger partial charge in [-0.15, -0.1) is 0 Å². The fourth-order valence-corrected chi connectivity index (χ4v) is 1.83. The summed E-state index contributed by atoms with van der Waals surface area (Å²) >= 11 is 5.87. The standard InChI is InChI=1S/C13H10ClN3O2/c1-7-4-5-18-11(7)12-16-13(19-17-12)8-2-3-9(14)10(15)6-8/h2-6H,15H2,1H3. The number of rotatable bonds is 2. The fourth-order valence-electron chi connectivity index (χ4n) is 1.71. The number of anilines is 1. The first kappa shape index (κ1) is 11.8. The maximum Gasteiger partial charge on any atom is 0.258 e. The molecule has 3 rings (SSSR count). The quantitative estimate of drug-likeness (QED) is 0.724.